The van der Waals surface area contributed by atoms with Crippen molar-refractivity contribution < 1.29 is 0 Å². The fourth-order valence-corrected chi connectivity index (χ4v) is 2.21. The number of nitrogens with zero attached hydrogens (tertiary/aromatic N) is 2. The minimum atomic E-state index is 0.532. The van der Waals surface area contributed by atoms with Crippen LogP contribution in [-0.2, 0) is 0 Å². The molecule has 1 aromatic carbocycles. The van der Waals surface area contributed by atoms with Gasteiger partial charge in [0, 0.05) is 24.5 Å². The molecule has 0 unspecified atom stereocenters. The van der Waals surface area contributed by atoms with Crippen molar-refractivity contribution >= 4 is 22.9 Å². The van der Waals surface area contributed by atoms with Crippen molar-refractivity contribution in [2.24, 2.45) is 0 Å². The van der Waals surface area contributed by atoms with Crippen molar-refractivity contribution in [2.75, 3.05) is 29.0 Å². The van der Waals surface area contributed by atoms with Crippen LogP contribution in [0.4, 0.5) is 22.9 Å². The number of nitrogen functional groups attached to an aromatic ring is 1. The molecule has 4 heteroatoms. The summed E-state index contributed by atoms with van der Waals surface area (Å²) in [7, 11) is 0. The third kappa shape index (κ3) is 3.20. The number of pyridine rings is 1. The molecule has 2 aromatic rings. The summed E-state index contributed by atoms with van der Waals surface area (Å²) in [6, 6.07) is 10.2. The second kappa shape index (κ2) is 6.28. The summed E-state index contributed by atoms with van der Waals surface area (Å²) < 4.78 is 0. The summed E-state index contributed by atoms with van der Waals surface area (Å²) in [5, 5.41) is 3.37. The number of rotatable bonds is 5. The van der Waals surface area contributed by atoms with Crippen molar-refractivity contribution in [3.8, 4) is 0 Å². The summed E-state index contributed by atoms with van der Waals surface area (Å²) in [6.07, 6.45) is 1.74. The third-order valence-corrected chi connectivity index (χ3v) is 3.40. The van der Waals surface area contributed by atoms with Gasteiger partial charge in [0.25, 0.3) is 0 Å². The lowest BCUT2D eigenvalue weighted by Gasteiger charge is -2.22. The Labute approximate surface area is 120 Å². The van der Waals surface area contributed by atoms with Crippen LogP contribution in [0, 0.1) is 6.92 Å². The highest BCUT2D eigenvalue weighted by Gasteiger charge is 2.05. The summed E-state index contributed by atoms with van der Waals surface area (Å²) in [6.45, 7) is 8.49. The first-order valence-electron chi connectivity index (χ1n) is 6.98. The van der Waals surface area contributed by atoms with E-state index in [1.807, 2.05) is 6.07 Å². The average Bonchev–Trinajstić information content (AvgIpc) is 2.45. The Morgan fingerprint density at radius 3 is 2.45 bits per heavy atom. The van der Waals surface area contributed by atoms with E-state index in [0.29, 0.717) is 5.82 Å². The van der Waals surface area contributed by atoms with Crippen LogP contribution >= 0.6 is 0 Å². The fraction of sp³-hybridized carbons (Fsp3) is 0.312. The fourth-order valence-electron chi connectivity index (χ4n) is 2.21. The minimum Gasteiger partial charge on any atom is -0.384 e. The van der Waals surface area contributed by atoms with Crippen molar-refractivity contribution in [3.63, 3.8) is 0 Å². The summed E-state index contributed by atoms with van der Waals surface area (Å²) in [5.74, 6) is 0.532. The zero-order valence-corrected chi connectivity index (χ0v) is 12.4. The number of nitrogens with two attached hydrogens (primary N) is 1. The number of anilines is 4. The maximum absolute atomic E-state index is 5.59. The second-order valence-electron chi connectivity index (χ2n) is 4.77. The van der Waals surface area contributed by atoms with Crippen molar-refractivity contribution in [1.82, 2.24) is 4.98 Å². The van der Waals surface area contributed by atoms with Gasteiger partial charge in [-0.05, 0) is 56.7 Å². The van der Waals surface area contributed by atoms with Gasteiger partial charge in [-0.2, -0.15) is 0 Å². The SMILES string of the molecule is CCN(CC)c1ccc(Nc2ccc(N)nc2)c(C)c1. The highest BCUT2D eigenvalue weighted by molar-refractivity contribution is 5.66. The van der Waals surface area contributed by atoms with Gasteiger partial charge in [0.15, 0.2) is 0 Å². The maximum Gasteiger partial charge on any atom is 0.123 e. The summed E-state index contributed by atoms with van der Waals surface area (Å²) in [4.78, 5) is 6.42. The molecule has 0 aliphatic rings. The average molecular weight is 270 g/mol. The predicted octanol–water partition coefficient (Wildman–Crippen LogP) is 3.56. The Morgan fingerprint density at radius 2 is 1.90 bits per heavy atom. The van der Waals surface area contributed by atoms with Crippen LogP contribution in [0.2, 0.25) is 0 Å². The molecular formula is C16H22N4. The smallest absolute Gasteiger partial charge is 0.123 e. The van der Waals surface area contributed by atoms with Crippen LogP contribution in [0.15, 0.2) is 36.5 Å². The first-order valence-corrected chi connectivity index (χ1v) is 6.98. The monoisotopic (exact) mass is 270 g/mol. The van der Waals surface area contributed by atoms with Gasteiger partial charge in [-0.1, -0.05) is 0 Å². The highest BCUT2D eigenvalue weighted by Crippen LogP contribution is 2.25. The largest absolute Gasteiger partial charge is 0.384 e. The Kier molecular flexibility index (Phi) is 4.45. The molecule has 3 N–H and O–H groups in total. The number of nitrogens with one attached hydrogen (secondary N) is 1. The highest BCUT2D eigenvalue weighted by atomic mass is 15.1. The number of aryl methyl sites for hydroxylation is 1. The molecule has 0 radical (unpaired) electrons. The van der Waals surface area contributed by atoms with Crippen LogP contribution in [0.3, 0.4) is 0 Å². The molecule has 0 fully saturated rings. The molecule has 1 aromatic heterocycles. The van der Waals surface area contributed by atoms with Gasteiger partial charge in [-0.15, -0.1) is 0 Å². The number of aromatic nitrogens is 1. The quantitative estimate of drug-likeness (QED) is 0.872. The minimum absolute atomic E-state index is 0.532. The molecule has 2 rings (SSSR count). The van der Waals surface area contributed by atoms with E-state index in [2.05, 4.69) is 54.2 Å². The Morgan fingerprint density at radius 1 is 1.15 bits per heavy atom. The van der Waals surface area contributed by atoms with Crippen molar-refractivity contribution in [3.05, 3.63) is 42.1 Å². The zero-order valence-electron chi connectivity index (χ0n) is 12.4. The molecule has 0 aliphatic carbocycles. The van der Waals surface area contributed by atoms with E-state index in [0.717, 1.165) is 24.5 Å². The van der Waals surface area contributed by atoms with Crippen LogP contribution in [0.1, 0.15) is 19.4 Å². The molecule has 0 spiro atoms. The molecule has 1 heterocycles. The molecule has 0 atom stereocenters. The van der Waals surface area contributed by atoms with Gasteiger partial charge < -0.3 is 16.0 Å². The molecule has 0 amide bonds. The molecule has 0 saturated heterocycles. The van der Waals surface area contributed by atoms with E-state index in [9.17, 15) is 0 Å². The van der Waals surface area contributed by atoms with Crippen LogP contribution in [0.5, 0.6) is 0 Å². The number of benzene rings is 1. The number of hydrogen-bond acceptors (Lipinski definition) is 4. The zero-order chi connectivity index (χ0) is 14.5. The second-order valence-corrected chi connectivity index (χ2v) is 4.77. The van der Waals surface area contributed by atoms with Gasteiger partial charge in [0.05, 0.1) is 11.9 Å². The molecule has 0 bridgehead atoms. The lowest BCUT2D eigenvalue weighted by molar-refractivity contribution is 0.866. The molecular weight excluding hydrogens is 248 g/mol. The van der Waals surface area contributed by atoms with Gasteiger partial charge >= 0.3 is 0 Å². The molecule has 20 heavy (non-hydrogen) atoms. The van der Waals surface area contributed by atoms with Gasteiger partial charge in [-0.3, -0.25) is 0 Å². The van der Waals surface area contributed by atoms with Gasteiger partial charge in [0.2, 0.25) is 0 Å². The van der Waals surface area contributed by atoms with Gasteiger partial charge in [0.1, 0.15) is 5.82 Å². The van der Waals surface area contributed by atoms with E-state index in [1.54, 1.807) is 12.3 Å². The van der Waals surface area contributed by atoms with Crippen LogP contribution in [0.25, 0.3) is 0 Å². The van der Waals surface area contributed by atoms with E-state index >= 15 is 0 Å². The van der Waals surface area contributed by atoms with Crippen LogP contribution < -0.4 is 16.0 Å². The normalized spacial score (nSPS) is 10.3. The molecule has 106 valence electrons. The van der Waals surface area contributed by atoms with E-state index in [1.165, 1.54) is 11.3 Å². The Hall–Kier alpha value is -2.23. The molecule has 0 saturated carbocycles. The summed E-state index contributed by atoms with van der Waals surface area (Å²) in [5.41, 5.74) is 10.1. The maximum atomic E-state index is 5.59. The predicted molar refractivity (Wildman–Crippen MR) is 86.7 cm³/mol. The molecule has 0 aliphatic heterocycles. The van der Waals surface area contributed by atoms with Crippen molar-refractivity contribution in [1.29, 1.82) is 0 Å². The van der Waals surface area contributed by atoms with Crippen molar-refractivity contribution in [2.45, 2.75) is 20.8 Å². The third-order valence-electron chi connectivity index (χ3n) is 3.40. The van der Waals surface area contributed by atoms with Crippen LogP contribution in [-0.4, -0.2) is 18.1 Å². The number of hydrogen-bond donors (Lipinski definition) is 2. The van der Waals surface area contributed by atoms with Gasteiger partial charge in [-0.25, -0.2) is 4.98 Å². The summed E-state index contributed by atoms with van der Waals surface area (Å²) >= 11 is 0. The molecule has 4 nitrogen and oxygen atoms in total. The standard InChI is InChI=1S/C16H22N4/c1-4-20(5-2)14-7-8-15(12(3)10-14)19-13-6-9-16(17)18-11-13/h6-11,19H,4-5H2,1-3H3,(H2,17,18). The Balaban J connectivity index is 2.19. The first-order chi connectivity index (χ1) is 9.63. The van der Waals surface area contributed by atoms with E-state index in [-0.39, 0.29) is 0 Å². The van der Waals surface area contributed by atoms with E-state index in [4.69, 9.17) is 5.73 Å². The lowest BCUT2D eigenvalue weighted by atomic mass is 10.1. The topological polar surface area (TPSA) is 54.2 Å². The Bertz CT molecular complexity index is 559. The first kappa shape index (κ1) is 14.2. The van der Waals surface area contributed by atoms with E-state index < -0.39 is 0 Å². The lowest BCUT2D eigenvalue weighted by Crippen LogP contribution is -2.21.